The van der Waals surface area contributed by atoms with Crippen molar-refractivity contribution < 1.29 is 4.42 Å². The first-order chi connectivity index (χ1) is 7.74. The van der Waals surface area contributed by atoms with Gasteiger partial charge in [0.25, 0.3) is 0 Å². The van der Waals surface area contributed by atoms with E-state index in [9.17, 15) is 0 Å². The van der Waals surface area contributed by atoms with Crippen molar-refractivity contribution in [3.63, 3.8) is 0 Å². The zero-order chi connectivity index (χ0) is 11.5. The van der Waals surface area contributed by atoms with Crippen molar-refractivity contribution >= 4 is 5.82 Å². The number of nitrogens with zero attached hydrogens (tertiary/aromatic N) is 2. The lowest BCUT2D eigenvalue weighted by Crippen LogP contribution is -2.05. The zero-order valence-corrected chi connectivity index (χ0v) is 9.74. The highest BCUT2D eigenvalue weighted by molar-refractivity contribution is 5.62. The fourth-order valence-corrected chi connectivity index (χ4v) is 1.59. The van der Waals surface area contributed by atoms with E-state index >= 15 is 0 Å². The summed E-state index contributed by atoms with van der Waals surface area (Å²) in [6, 6.07) is 3.74. The summed E-state index contributed by atoms with van der Waals surface area (Å²) in [6.07, 6.45) is 1.64. The molecule has 16 heavy (non-hydrogen) atoms. The largest absolute Gasteiger partial charge is 0.463 e. The van der Waals surface area contributed by atoms with Gasteiger partial charge in [-0.15, -0.1) is 10.2 Å². The number of rotatable bonds is 3. The van der Waals surface area contributed by atoms with Crippen LogP contribution in [-0.4, -0.2) is 16.7 Å². The van der Waals surface area contributed by atoms with Crippen molar-refractivity contribution in [1.82, 2.24) is 10.2 Å². The number of furan rings is 1. The molecule has 2 rings (SSSR count). The Bertz CT molecular complexity index is 477. The summed E-state index contributed by atoms with van der Waals surface area (Å²) < 4.78 is 5.33. The summed E-state index contributed by atoms with van der Waals surface area (Å²) in [7, 11) is 0. The van der Waals surface area contributed by atoms with E-state index in [-0.39, 0.29) is 0 Å². The standard InChI is InChI=1S/C12H15N3O/c1-4-13-12-9(3)8(2)11(14-15-12)10-6-5-7-16-10/h5-7H,4H2,1-3H3,(H,13,15). The molecule has 0 saturated carbocycles. The molecule has 0 aromatic carbocycles. The van der Waals surface area contributed by atoms with Gasteiger partial charge in [0.1, 0.15) is 5.69 Å². The summed E-state index contributed by atoms with van der Waals surface area (Å²) in [5.74, 6) is 1.60. The lowest BCUT2D eigenvalue weighted by atomic mass is 10.1. The molecule has 0 atom stereocenters. The van der Waals surface area contributed by atoms with Gasteiger partial charge < -0.3 is 9.73 Å². The van der Waals surface area contributed by atoms with Gasteiger partial charge in [-0.3, -0.25) is 0 Å². The topological polar surface area (TPSA) is 51.0 Å². The van der Waals surface area contributed by atoms with Crippen LogP contribution in [0.5, 0.6) is 0 Å². The van der Waals surface area contributed by atoms with Crippen molar-refractivity contribution in [2.24, 2.45) is 0 Å². The van der Waals surface area contributed by atoms with E-state index in [2.05, 4.69) is 15.5 Å². The van der Waals surface area contributed by atoms with Crippen LogP contribution in [-0.2, 0) is 0 Å². The summed E-state index contributed by atoms with van der Waals surface area (Å²) in [5, 5.41) is 11.5. The van der Waals surface area contributed by atoms with E-state index in [4.69, 9.17) is 4.42 Å². The number of anilines is 1. The van der Waals surface area contributed by atoms with Crippen LogP contribution in [0, 0.1) is 13.8 Å². The third-order valence-corrected chi connectivity index (χ3v) is 2.62. The second-order valence-corrected chi connectivity index (χ2v) is 3.65. The predicted molar refractivity (Wildman–Crippen MR) is 63.4 cm³/mol. The van der Waals surface area contributed by atoms with E-state index in [1.807, 2.05) is 32.9 Å². The Hall–Kier alpha value is -1.84. The van der Waals surface area contributed by atoms with Gasteiger partial charge in [-0.25, -0.2) is 0 Å². The Kier molecular flexibility index (Phi) is 2.90. The zero-order valence-electron chi connectivity index (χ0n) is 9.74. The quantitative estimate of drug-likeness (QED) is 0.858. The lowest BCUT2D eigenvalue weighted by Gasteiger charge is -2.10. The highest BCUT2D eigenvalue weighted by Crippen LogP contribution is 2.25. The normalized spacial score (nSPS) is 10.4. The predicted octanol–water partition coefficient (Wildman–Crippen LogP) is 2.79. The van der Waals surface area contributed by atoms with E-state index in [0.29, 0.717) is 0 Å². The fraction of sp³-hybridized carbons (Fsp3) is 0.333. The van der Waals surface area contributed by atoms with E-state index in [1.54, 1.807) is 6.26 Å². The van der Waals surface area contributed by atoms with Crippen molar-refractivity contribution in [3.8, 4) is 11.5 Å². The van der Waals surface area contributed by atoms with E-state index in [1.165, 1.54) is 0 Å². The van der Waals surface area contributed by atoms with Gasteiger partial charge in [0.05, 0.1) is 6.26 Å². The van der Waals surface area contributed by atoms with Crippen LogP contribution in [0.3, 0.4) is 0 Å². The van der Waals surface area contributed by atoms with Crippen LogP contribution in [0.4, 0.5) is 5.82 Å². The molecule has 2 aromatic heterocycles. The molecule has 0 spiro atoms. The summed E-state index contributed by atoms with van der Waals surface area (Å²) in [6.45, 7) is 6.95. The van der Waals surface area contributed by atoms with Crippen LogP contribution < -0.4 is 5.32 Å². The Morgan fingerprint density at radius 1 is 1.25 bits per heavy atom. The molecule has 0 aliphatic heterocycles. The minimum absolute atomic E-state index is 0.760. The van der Waals surface area contributed by atoms with Crippen molar-refractivity contribution in [2.45, 2.75) is 20.8 Å². The Morgan fingerprint density at radius 2 is 2.06 bits per heavy atom. The molecule has 84 valence electrons. The Balaban J connectivity index is 2.47. The first-order valence-electron chi connectivity index (χ1n) is 5.35. The molecule has 0 saturated heterocycles. The molecule has 0 radical (unpaired) electrons. The van der Waals surface area contributed by atoms with Gasteiger partial charge in [-0.2, -0.15) is 0 Å². The van der Waals surface area contributed by atoms with Gasteiger partial charge in [0.2, 0.25) is 0 Å². The van der Waals surface area contributed by atoms with Crippen molar-refractivity contribution in [3.05, 3.63) is 29.5 Å². The van der Waals surface area contributed by atoms with Crippen molar-refractivity contribution in [1.29, 1.82) is 0 Å². The van der Waals surface area contributed by atoms with Gasteiger partial charge in [-0.05, 0) is 44.0 Å². The highest BCUT2D eigenvalue weighted by atomic mass is 16.3. The molecule has 2 aromatic rings. The Labute approximate surface area is 94.7 Å². The SMILES string of the molecule is CCNc1nnc(-c2ccco2)c(C)c1C. The molecule has 0 unspecified atom stereocenters. The van der Waals surface area contributed by atoms with Crippen LogP contribution in [0.2, 0.25) is 0 Å². The first-order valence-corrected chi connectivity index (χ1v) is 5.35. The van der Waals surface area contributed by atoms with Crippen LogP contribution in [0.1, 0.15) is 18.1 Å². The minimum Gasteiger partial charge on any atom is -0.463 e. The molecule has 2 heterocycles. The first kappa shape index (κ1) is 10.7. The molecule has 0 bridgehead atoms. The summed E-state index contributed by atoms with van der Waals surface area (Å²) >= 11 is 0. The van der Waals surface area contributed by atoms with E-state index < -0.39 is 0 Å². The molecule has 0 fully saturated rings. The maximum atomic E-state index is 5.33. The van der Waals surface area contributed by atoms with Crippen molar-refractivity contribution in [2.75, 3.05) is 11.9 Å². The van der Waals surface area contributed by atoms with Crippen LogP contribution in [0.15, 0.2) is 22.8 Å². The number of hydrogen-bond acceptors (Lipinski definition) is 4. The van der Waals surface area contributed by atoms with Crippen LogP contribution >= 0.6 is 0 Å². The number of aromatic nitrogens is 2. The molecule has 4 heteroatoms. The highest BCUT2D eigenvalue weighted by Gasteiger charge is 2.12. The number of nitrogens with one attached hydrogen (secondary N) is 1. The fourth-order valence-electron chi connectivity index (χ4n) is 1.59. The van der Waals surface area contributed by atoms with E-state index in [0.717, 1.165) is 34.9 Å². The lowest BCUT2D eigenvalue weighted by molar-refractivity contribution is 0.578. The third-order valence-electron chi connectivity index (χ3n) is 2.62. The van der Waals surface area contributed by atoms with Gasteiger partial charge >= 0.3 is 0 Å². The van der Waals surface area contributed by atoms with Gasteiger partial charge in [-0.1, -0.05) is 0 Å². The second-order valence-electron chi connectivity index (χ2n) is 3.65. The molecule has 1 N–H and O–H groups in total. The monoisotopic (exact) mass is 217 g/mol. The summed E-state index contributed by atoms with van der Waals surface area (Å²) in [5.41, 5.74) is 3.02. The average molecular weight is 217 g/mol. The molecule has 0 aliphatic carbocycles. The van der Waals surface area contributed by atoms with Gasteiger partial charge in [0, 0.05) is 6.54 Å². The molecule has 4 nitrogen and oxygen atoms in total. The third kappa shape index (κ3) is 1.78. The van der Waals surface area contributed by atoms with Gasteiger partial charge in [0.15, 0.2) is 11.6 Å². The minimum atomic E-state index is 0.760. The molecule has 0 amide bonds. The molecular weight excluding hydrogens is 202 g/mol. The maximum Gasteiger partial charge on any atom is 0.154 e. The molecular formula is C12H15N3O. The smallest absolute Gasteiger partial charge is 0.154 e. The average Bonchev–Trinajstić information content (AvgIpc) is 2.79. The van der Waals surface area contributed by atoms with Crippen LogP contribution in [0.25, 0.3) is 11.5 Å². The summed E-state index contributed by atoms with van der Waals surface area (Å²) in [4.78, 5) is 0. The number of hydrogen-bond donors (Lipinski definition) is 1. The Morgan fingerprint density at radius 3 is 2.69 bits per heavy atom. The molecule has 0 aliphatic rings. The second kappa shape index (κ2) is 4.35. The maximum absolute atomic E-state index is 5.33.